The second-order valence-electron chi connectivity index (χ2n) is 4.77. The fourth-order valence-electron chi connectivity index (χ4n) is 2.28. The van der Waals surface area contributed by atoms with E-state index in [1.165, 1.54) is 11.1 Å². The van der Waals surface area contributed by atoms with E-state index in [1.54, 1.807) is 14.2 Å². The third-order valence-corrected chi connectivity index (χ3v) is 3.30. The van der Waals surface area contributed by atoms with Gasteiger partial charge in [-0.15, -0.1) is 0 Å². The Morgan fingerprint density at radius 2 is 1.57 bits per heavy atom. The summed E-state index contributed by atoms with van der Waals surface area (Å²) < 4.78 is 10.8. The molecule has 0 unspecified atom stereocenters. The van der Waals surface area contributed by atoms with Crippen molar-refractivity contribution in [2.24, 2.45) is 0 Å². The summed E-state index contributed by atoms with van der Waals surface area (Å²) >= 11 is 0. The van der Waals surface area contributed by atoms with Gasteiger partial charge in [-0.2, -0.15) is 0 Å². The van der Waals surface area contributed by atoms with Crippen LogP contribution in [0.25, 0.3) is 12.2 Å². The second kappa shape index (κ2) is 7.53. The van der Waals surface area contributed by atoms with Crippen LogP contribution >= 0.6 is 0 Å². The van der Waals surface area contributed by atoms with E-state index in [2.05, 4.69) is 43.7 Å². The van der Waals surface area contributed by atoms with E-state index < -0.39 is 0 Å². The van der Waals surface area contributed by atoms with E-state index in [0.29, 0.717) is 0 Å². The van der Waals surface area contributed by atoms with Gasteiger partial charge < -0.3 is 9.47 Å². The summed E-state index contributed by atoms with van der Waals surface area (Å²) in [6.45, 7) is 2.07. The minimum Gasteiger partial charge on any atom is -0.496 e. The molecule has 0 heterocycles. The van der Waals surface area contributed by atoms with E-state index in [9.17, 15) is 0 Å². The minimum atomic E-state index is 0.809. The summed E-state index contributed by atoms with van der Waals surface area (Å²) in [5, 5.41) is 0. The predicted molar refractivity (Wildman–Crippen MR) is 88.6 cm³/mol. The van der Waals surface area contributed by atoms with Crippen LogP contribution in [0.3, 0.4) is 0 Å². The quantitative estimate of drug-likeness (QED) is 0.718. The van der Waals surface area contributed by atoms with Gasteiger partial charge in [-0.3, -0.25) is 0 Å². The second-order valence-corrected chi connectivity index (χ2v) is 4.77. The van der Waals surface area contributed by atoms with Gasteiger partial charge in [0.25, 0.3) is 0 Å². The summed E-state index contributed by atoms with van der Waals surface area (Å²) in [5.74, 6) is 1.62. The van der Waals surface area contributed by atoms with Crippen LogP contribution in [0.4, 0.5) is 0 Å². The molecule has 1 radical (unpaired) electrons. The normalized spacial score (nSPS) is 10.8. The zero-order valence-corrected chi connectivity index (χ0v) is 12.8. The molecule has 0 aromatic heterocycles. The summed E-state index contributed by atoms with van der Waals surface area (Å²) in [6, 6.07) is 14.3. The third kappa shape index (κ3) is 3.88. The van der Waals surface area contributed by atoms with Crippen LogP contribution in [0.1, 0.15) is 23.6 Å². The maximum atomic E-state index is 5.40. The summed E-state index contributed by atoms with van der Waals surface area (Å²) in [5.41, 5.74) is 3.43. The van der Waals surface area contributed by atoms with Crippen LogP contribution in [0.2, 0.25) is 0 Å². The standard InChI is InChI=1S/C19H21O2/c1-4-7-15-8-5-9-16(14-15)12-13-17-18(20-2)10-6-11-19(17)21-3/h4-6,8-14H,7H2,1-3H3/b13-12+. The lowest BCUT2D eigenvalue weighted by atomic mass is 10.1. The highest BCUT2D eigenvalue weighted by Crippen LogP contribution is 2.30. The molecule has 0 fully saturated rings. The number of ether oxygens (including phenoxy) is 2. The Labute approximate surface area is 127 Å². The van der Waals surface area contributed by atoms with Gasteiger partial charge in [0, 0.05) is 0 Å². The highest BCUT2D eigenvalue weighted by Gasteiger charge is 2.06. The Morgan fingerprint density at radius 1 is 0.905 bits per heavy atom. The van der Waals surface area contributed by atoms with Crippen LogP contribution in [0.15, 0.2) is 42.5 Å². The van der Waals surface area contributed by atoms with Gasteiger partial charge in [0.15, 0.2) is 0 Å². The molecule has 0 saturated carbocycles. The van der Waals surface area contributed by atoms with Crippen molar-refractivity contribution in [3.8, 4) is 11.5 Å². The van der Waals surface area contributed by atoms with Crippen molar-refractivity contribution in [2.45, 2.75) is 13.3 Å². The lowest BCUT2D eigenvalue weighted by Gasteiger charge is -2.09. The highest BCUT2D eigenvalue weighted by atomic mass is 16.5. The Kier molecular flexibility index (Phi) is 5.44. The first-order chi connectivity index (χ1) is 10.3. The zero-order valence-electron chi connectivity index (χ0n) is 12.8. The van der Waals surface area contributed by atoms with Crippen molar-refractivity contribution < 1.29 is 9.47 Å². The molecule has 0 aliphatic rings. The molecule has 0 spiro atoms. The van der Waals surface area contributed by atoms with Gasteiger partial charge in [0.1, 0.15) is 11.5 Å². The Morgan fingerprint density at radius 3 is 2.19 bits per heavy atom. The smallest absolute Gasteiger partial charge is 0.129 e. The third-order valence-electron chi connectivity index (χ3n) is 3.30. The van der Waals surface area contributed by atoms with E-state index in [-0.39, 0.29) is 0 Å². The van der Waals surface area contributed by atoms with Gasteiger partial charge in [0.2, 0.25) is 0 Å². The minimum absolute atomic E-state index is 0.809. The van der Waals surface area contributed by atoms with Crippen LogP contribution in [0.5, 0.6) is 11.5 Å². The first-order valence-electron chi connectivity index (χ1n) is 7.04. The zero-order chi connectivity index (χ0) is 15.1. The molecule has 0 aliphatic heterocycles. The number of rotatable bonds is 6. The van der Waals surface area contributed by atoms with Crippen molar-refractivity contribution in [2.75, 3.05) is 14.2 Å². The summed E-state index contributed by atoms with van der Waals surface area (Å²) in [7, 11) is 3.34. The Hall–Kier alpha value is -2.22. The number of hydrogen-bond acceptors (Lipinski definition) is 2. The molecule has 109 valence electrons. The van der Waals surface area contributed by atoms with Crippen LogP contribution in [-0.4, -0.2) is 14.2 Å². The molecule has 2 nitrogen and oxygen atoms in total. The molecule has 0 amide bonds. The first kappa shape index (κ1) is 15.2. The van der Waals surface area contributed by atoms with E-state index in [4.69, 9.17) is 9.47 Å². The van der Waals surface area contributed by atoms with Gasteiger partial charge in [-0.05, 0) is 42.2 Å². The van der Waals surface area contributed by atoms with E-state index in [1.807, 2.05) is 24.3 Å². The molecule has 0 bridgehead atoms. The largest absolute Gasteiger partial charge is 0.496 e. The molecule has 2 heteroatoms. The molecular weight excluding hydrogens is 260 g/mol. The average Bonchev–Trinajstić information content (AvgIpc) is 2.53. The molecule has 2 rings (SSSR count). The molecule has 21 heavy (non-hydrogen) atoms. The van der Waals surface area contributed by atoms with Crippen molar-refractivity contribution >= 4 is 12.2 Å². The number of hydrogen-bond donors (Lipinski definition) is 0. The monoisotopic (exact) mass is 281 g/mol. The number of benzene rings is 2. The van der Waals surface area contributed by atoms with Crippen LogP contribution < -0.4 is 9.47 Å². The average molecular weight is 281 g/mol. The maximum absolute atomic E-state index is 5.40. The van der Waals surface area contributed by atoms with Crippen molar-refractivity contribution in [1.29, 1.82) is 0 Å². The fourth-order valence-corrected chi connectivity index (χ4v) is 2.28. The molecular formula is C19H21O2. The molecule has 0 saturated heterocycles. The Balaban J connectivity index is 2.30. The Bertz CT molecular complexity index is 592. The van der Waals surface area contributed by atoms with Gasteiger partial charge in [-0.1, -0.05) is 43.3 Å². The molecule has 0 N–H and O–H groups in total. The van der Waals surface area contributed by atoms with Crippen molar-refractivity contribution in [3.63, 3.8) is 0 Å². The lowest BCUT2D eigenvalue weighted by molar-refractivity contribution is 0.392. The molecule has 0 atom stereocenters. The molecule has 0 aliphatic carbocycles. The lowest BCUT2D eigenvalue weighted by Crippen LogP contribution is -1.91. The number of methoxy groups -OCH3 is 2. The SMILES string of the molecule is C[CH]Cc1cccc(/C=C/c2c(OC)cccc2OC)c1. The highest BCUT2D eigenvalue weighted by molar-refractivity contribution is 5.76. The van der Waals surface area contributed by atoms with Crippen molar-refractivity contribution in [1.82, 2.24) is 0 Å². The predicted octanol–water partition coefficient (Wildman–Crippen LogP) is 4.64. The fraction of sp³-hybridized carbons (Fsp3) is 0.211. The maximum Gasteiger partial charge on any atom is 0.129 e. The van der Waals surface area contributed by atoms with Gasteiger partial charge in [-0.25, -0.2) is 0 Å². The van der Waals surface area contributed by atoms with Crippen LogP contribution in [0, 0.1) is 6.42 Å². The van der Waals surface area contributed by atoms with E-state index in [0.717, 1.165) is 23.5 Å². The van der Waals surface area contributed by atoms with E-state index >= 15 is 0 Å². The summed E-state index contributed by atoms with van der Waals surface area (Å²) in [4.78, 5) is 0. The molecule has 2 aromatic carbocycles. The van der Waals surface area contributed by atoms with Gasteiger partial charge in [0.05, 0.1) is 19.8 Å². The topological polar surface area (TPSA) is 18.5 Å². The van der Waals surface area contributed by atoms with Crippen LogP contribution in [-0.2, 0) is 6.42 Å². The van der Waals surface area contributed by atoms with Crippen molar-refractivity contribution in [3.05, 3.63) is 65.6 Å². The first-order valence-corrected chi connectivity index (χ1v) is 7.04. The summed E-state index contributed by atoms with van der Waals surface area (Å²) in [6.07, 6.45) is 7.26. The van der Waals surface area contributed by atoms with Gasteiger partial charge >= 0.3 is 0 Å². The molecule has 2 aromatic rings.